The maximum Gasteiger partial charge on any atom is 0.245 e. The number of benzene rings is 2. The van der Waals surface area contributed by atoms with Crippen LogP contribution in [0.1, 0.15) is 24.0 Å². The van der Waals surface area contributed by atoms with Gasteiger partial charge in [0.05, 0.1) is 5.52 Å². The van der Waals surface area contributed by atoms with Crippen LogP contribution >= 0.6 is 0 Å². The van der Waals surface area contributed by atoms with Gasteiger partial charge in [-0.05, 0) is 48.4 Å². The van der Waals surface area contributed by atoms with Gasteiger partial charge in [-0.1, -0.05) is 42.5 Å². The first-order valence-electron chi connectivity index (χ1n) is 10.7. The first kappa shape index (κ1) is 19.7. The second-order valence-electron chi connectivity index (χ2n) is 8.43. The molecule has 0 aliphatic carbocycles. The molecule has 0 N–H and O–H groups in total. The summed E-state index contributed by atoms with van der Waals surface area (Å²) in [7, 11) is -3.53. The van der Waals surface area contributed by atoms with Crippen molar-refractivity contribution in [1.29, 1.82) is 0 Å². The van der Waals surface area contributed by atoms with Crippen molar-refractivity contribution in [3.05, 3.63) is 71.9 Å². The molecule has 1 fully saturated rings. The number of fused-ring (bicyclic) bond motifs is 2. The fourth-order valence-electron chi connectivity index (χ4n) is 4.83. The predicted octanol–water partition coefficient (Wildman–Crippen LogP) is 3.69. The van der Waals surface area contributed by atoms with Gasteiger partial charge in [-0.15, -0.1) is 0 Å². The maximum absolute atomic E-state index is 13.3. The number of pyridine rings is 1. The summed E-state index contributed by atoms with van der Waals surface area (Å²) in [5, 5.41) is 0.860. The van der Waals surface area contributed by atoms with E-state index in [2.05, 4.69) is 34.1 Å². The van der Waals surface area contributed by atoms with Crippen molar-refractivity contribution in [2.75, 3.05) is 26.2 Å². The van der Waals surface area contributed by atoms with E-state index >= 15 is 0 Å². The molecular formula is C24H27N3O2S. The van der Waals surface area contributed by atoms with Crippen molar-refractivity contribution >= 4 is 20.9 Å². The van der Waals surface area contributed by atoms with Crippen LogP contribution in [0.25, 0.3) is 10.9 Å². The number of hydrogen-bond donors (Lipinski definition) is 0. The van der Waals surface area contributed by atoms with E-state index in [1.54, 1.807) is 22.6 Å². The van der Waals surface area contributed by atoms with Crippen LogP contribution in [-0.2, 0) is 23.0 Å². The molecule has 0 radical (unpaired) electrons. The van der Waals surface area contributed by atoms with Crippen LogP contribution in [0.2, 0.25) is 0 Å². The Morgan fingerprint density at radius 2 is 1.67 bits per heavy atom. The summed E-state index contributed by atoms with van der Waals surface area (Å²) in [5.74, 6) is 0.548. The number of hydrogen-bond acceptors (Lipinski definition) is 4. The topological polar surface area (TPSA) is 53.5 Å². The van der Waals surface area contributed by atoms with Crippen LogP contribution in [0.3, 0.4) is 0 Å². The van der Waals surface area contributed by atoms with Gasteiger partial charge in [0.1, 0.15) is 4.90 Å². The van der Waals surface area contributed by atoms with Gasteiger partial charge >= 0.3 is 0 Å². The summed E-state index contributed by atoms with van der Waals surface area (Å²) in [6, 6.07) is 17.8. The zero-order valence-corrected chi connectivity index (χ0v) is 17.9. The van der Waals surface area contributed by atoms with Crippen molar-refractivity contribution in [2.45, 2.75) is 30.7 Å². The lowest BCUT2D eigenvalue weighted by Gasteiger charge is -2.36. The van der Waals surface area contributed by atoms with Crippen molar-refractivity contribution in [3.8, 4) is 0 Å². The van der Waals surface area contributed by atoms with E-state index in [-0.39, 0.29) is 0 Å². The first-order valence-corrected chi connectivity index (χ1v) is 12.2. The second-order valence-corrected chi connectivity index (χ2v) is 10.3. The fraction of sp³-hybridized carbons (Fsp3) is 0.375. The highest BCUT2D eigenvalue weighted by Gasteiger charge is 2.31. The number of sulfonamides is 1. The van der Waals surface area contributed by atoms with E-state index in [1.165, 1.54) is 11.1 Å². The van der Waals surface area contributed by atoms with Gasteiger partial charge in [-0.25, -0.2) is 8.42 Å². The zero-order valence-electron chi connectivity index (χ0n) is 17.1. The minimum absolute atomic E-state index is 0.326. The predicted molar refractivity (Wildman–Crippen MR) is 119 cm³/mol. The molecule has 30 heavy (non-hydrogen) atoms. The van der Waals surface area contributed by atoms with Gasteiger partial charge in [-0.3, -0.25) is 9.88 Å². The third-order valence-electron chi connectivity index (χ3n) is 6.51. The number of aromatic nitrogens is 1. The molecule has 2 aromatic carbocycles. The van der Waals surface area contributed by atoms with Crippen LogP contribution < -0.4 is 0 Å². The van der Waals surface area contributed by atoms with Gasteiger partial charge in [-0.2, -0.15) is 4.31 Å². The summed E-state index contributed by atoms with van der Waals surface area (Å²) < 4.78 is 28.3. The number of piperidine rings is 1. The lowest BCUT2D eigenvalue weighted by Crippen LogP contribution is -2.42. The van der Waals surface area contributed by atoms with Gasteiger partial charge < -0.3 is 0 Å². The third-order valence-corrected chi connectivity index (χ3v) is 8.44. The Labute approximate surface area is 178 Å². The molecule has 1 saturated heterocycles. The van der Waals surface area contributed by atoms with E-state index < -0.39 is 10.0 Å². The maximum atomic E-state index is 13.3. The van der Waals surface area contributed by atoms with E-state index in [4.69, 9.17) is 0 Å². The molecule has 0 saturated carbocycles. The van der Waals surface area contributed by atoms with E-state index in [9.17, 15) is 8.42 Å². The molecule has 0 unspecified atom stereocenters. The van der Waals surface area contributed by atoms with Crippen LogP contribution in [0.4, 0.5) is 0 Å². The normalized spacial score (nSPS) is 19.1. The SMILES string of the molecule is O=S(=O)(c1cccc2cccnc12)N1CCC(CN2CCc3ccccc3C2)CC1. The van der Waals surface area contributed by atoms with Crippen LogP contribution in [0.15, 0.2) is 65.7 Å². The molecule has 0 bridgehead atoms. The Kier molecular flexibility index (Phi) is 5.31. The molecule has 5 rings (SSSR count). The van der Waals surface area contributed by atoms with Gasteiger partial charge in [0.15, 0.2) is 0 Å². The molecule has 5 nitrogen and oxygen atoms in total. The molecule has 6 heteroatoms. The Hall–Kier alpha value is -2.28. The largest absolute Gasteiger partial charge is 0.298 e. The number of para-hydroxylation sites is 1. The summed E-state index contributed by atoms with van der Waals surface area (Å²) in [4.78, 5) is 7.20. The van der Waals surface area contributed by atoms with E-state index in [0.29, 0.717) is 29.4 Å². The Morgan fingerprint density at radius 3 is 2.50 bits per heavy atom. The molecule has 0 atom stereocenters. The molecule has 1 aromatic heterocycles. The Bertz CT molecular complexity index is 1150. The van der Waals surface area contributed by atoms with Gasteiger partial charge in [0.25, 0.3) is 0 Å². The molecule has 2 aliphatic heterocycles. The monoisotopic (exact) mass is 421 g/mol. The molecular weight excluding hydrogens is 394 g/mol. The summed E-state index contributed by atoms with van der Waals surface area (Å²) >= 11 is 0. The minimum atomic E-state index is -3.53. The summed E-state index contributed by atoms with van der Waals surface area (Å²) in [6.45, 7) is 4.33. The quantitative estimate of drug-likeness (QED) is 0.645. The number of nitrogens with zero attached hydrogens (tertiary/aromatic N) is 3. The van der Waals surface area contributed by atoms with Crippen molar-refractivity contribution in [2.24, 2.45) is 5.92 Å². The van der Waals surface area contributed by atoms with Crippen molar-refractivity contribution in [3.63, 3.8) is 0 Å². The lowest BCUT2D eigenvalue weighted by atomic mass is 9.94. The third kappa shape index (κ3) is 3.75. The highest BCUT2D eigenvalue weighted by atomic mass is 32.2. The highest BCUT2D eigenvalue weighted by molar-refractivity contribution is 7.89. The van der Waals surface area contributed by atoms with Crippen molar-refractivity contribution in [1.82, 2.24) is 14.2 Å². The minimum Gasteiger partial charge on any atom is -0.298 e. The molecule has 3 heterocycles. The highest BCUT2D eigenvalue weighted by Crippen LogP contribution is 2.29. The standard InChI is InChI=1S/C24H27N3O2S/c28-30(29,23-9-3-7-21-8-4-13-25-24(21)23)27-15-10-19(11-16-27)17-26-14-12-20-5-1-2-6-22(20)18-26/h1-9,13,19H,10-12,14-18H2. The Morgan fingerprint density at radius 1 is 0.900 bits per heavy atom. The van der Waals surface area contributed by atoms with E-state index in [1.807, 2.05) is 18.2 Å². The van der Waals surface area contributed by atoms with Gasteiger partial charge in [0, 0.05) is 44.3 Å². The number of rotatable bonds is 4. The molecule has 3 aromatic rings. The Balaban J connectivity index is 1.25. The van der Waals surface area contributed by atoms with Crippen LogP contribution in [-0.4, -0.2) is 48.8 Å². The van der Waals surface area contributed by atoms with Crippen LogP contribution in [0, 0.1) is 5.92 Å². The lowest BCUT2D eigenvalue weighted by molar-refractivity contribution is 0.171. The average Bonchev–Trinajstić information content (AvgIpc) is 2.79. The second kappa shape index (κ2) is 8.10. The molecule has 156 valence electrons. The molecule has 0 spiro atoms. The fourth-order valence-corrected chi connectivity index (χ4v) is 6.47. The average molecular weight is 422 g/mol. The smallest absolute Gasteiger partial charge is 0.245 e. The molecule has 2 aliphatic rings. The zero-order chi connectivity index (χ0) is 20.6. The van der Waals surface area contributed by atoms with E-state index in [0.717, 1.165) is 44.3 Å². The first-order chi connectivity index (χ1) is 14.6. The molecule has 0 amide bonds. The summed E-state index contributed by atoms with van der Waals surface area (Å²) in [5.41, 5.74) is 3.47. The van der Waals surface area contributed by atoms with Crippen LogP contribution in [0.5, 0.6) is 0 Å². The van der Waals surface area contributed by atoms with Gasteiger partial charge in [0.2, 0.25) is 10.0 Å². The van der Waals surface area contributed by atoms with Crippen molar-refractivity contribution < 1.29 is 8.42 Å². The summed E-state index contributed by atoms with van der Waals surface area (Å²) in [6.07, 6.45) is 4.59.